The number of para-hydroxylation sites is 1. The second-order valence-corrected chi connectivity index (χ2v) is 13.6. The molecule has 6 aromatic carbocycles. The molecule has 0 fully saturated rings. The quantitative estimate of drug-likeness (QED) is 0.297. The van der Waals surface area contributed by atoms with Crippen LogP contribution in [-0.2, 0) is 5.41 Å². The number of hydrogen-bond acceptors (Lipinski definition) is 1. The van der Waals surface area contributed by atoms with E-state index in [-0.39, 0.29) is 25.6 Å². The van der Waals surface area contributed by atoms with Crippen LogP contribution in [0.15, 0.2) is 138 Å². The highest BCUT2D eigenvalue weighted by molar-refractivity contribution is 7.18. The van der Waals surface area contributed by atoms with Crippen molar-refractivity contribution >= 4 is 91.2 Å². The number of furan rings is 1. The normalized spacial score (nSPS) is 13.7. The Morgan fingerprint density at radius 3 is 1.77 bits per heavy atom. The van der Waals surface area contributed by atoms with Crippen molar-refractivity contribution in [2.75, 3.05) is 0 Å². The molecule has 4 heteroatoms. The Morgan fingerprint density at radius 1 is 0.432 bits per heavy atom. The molecule has 9 rings (SSSR count). The first-order valence-corrected chi connectivity index (χ1v) is 15.8. The zero-order valence-electron chi connectivity index (χ0n) is 25.3. The zero-order valence-corrected chi connectivity index (χ0v) is 25.3. The van der Waals surface area contributed by atoms with Crippen molar-refractivity contribution in [3.05, 3.63) is 139 Å². The smallest absolute Gasteiger partial charge is 0.244 e. The van der Waals surface area contributed by atoms with Gasteiger partial charge in [-0.05, 0) is 22.5 Å². The second kappa shape index (κ2) is 9.41. The molecule has 7 aromatic rings. The molecule has 0 radical (unpaired) electrons. The van der Waals surface area contributed by atoms with E-state index in [4.69, 9.17) is 4.42 Å². The first-order chi connectivity index (χ1) is 21.5. The molecule has 206 valence electrons. The van der Waals surface area contributed by atoms with Crippen LogP contribution in [0.4, 0.5) is 0 Å². The third-order valence-corrected chi connectivity index (χ3v) is 10.2. The van der Waals surface area contributed by atoms with E-state index < -0.39 is 0 Å². The van der Waals surface area contributed by atoms with E-state index in [2.05, 4.69) is 154 Å². The standard InChI is InChI=1S/C40H31B3O/c1-40(2,3)26-20-22-28(23-21-26)42-34-18-11-17-33-37(34)43(32-16-9-8-15-31(32)41(33)27-12-5-4-6-13-27)35-25-24-30-29-14-7-10-19-36(29)44-39(30)38(35)42/h4-25H,1-3H3. The van der Waals surface area contributed by atoms with Gasteiger partial charge in [0.05, 0.1) is 0 Å². The maximum Gasteiger partial charge on any atom is 0.244 e. The highest BCUT2D eigenvalue weighted by Crippen LogP contribution is 2.28. The highest BCUT2D eigenvalue weighted by atomic mass is 16.3. The van der Waals surface area contributed by atoms with Gasteiger partial charge in [-0.2, -0.15) is 0 Å². The van der Waals surface area contributed by atoms with E-state index in [1.807, 2.05) is 0 Å². The summed E-state index contributed by atoms with van der Waals surface area (Å²) in [5.74, 6) is 0. The number of fused-ring (bicyclic) bond motifs is 8. The van der Waals surface area contributed by atoms with Crippen LogP contribution in [0.5, 0.6) is 0 Å². The Bertz CT molecular complexity index is 2220. The molecule has 0 N–H and O–H groups in total. The predicted molar refractivity (Wildman–Crippen MR) is 192 cm³/mol. The molecule has 0 atom stereocenters. The van der Waals surface area contributed by atoms with Gasteiger partial charge in [-0.25, -0.2) is 0 Å². The van der Waals surface area contributed by atoms with Crippen LogP contribution >= 0.6 is 0 Å². The Balaban J connectivity index is 1.39. The summed E-state index contributed by atoms with van der Waals surface area (Å²) in [7, 11) is 0. The summed E-state index contributed by atoms with van der Waals surface area (Å²) in [5, 5.41) is 2.38. The van der Waals surface area contributed by atoms with Gasteiger partial charge in [0.1, 0.15) is 11.2 Å². The number of hydrogen-bond donors (Lipinski definition) is 0. The largest absolute Gasteiger partial charge is 0.457 e. The Labute approximate surface area is 260 Å². The summed E-state index contributed by atoms with van der Waals surface area (Å²) >= 11 is 0. The lowest BCUT2D eigenvalue weighted by molar-refractivity contribution is 0.590. The minimum atomic E-state index is 0.0659. The van der Waals surface area contributed by atoms with E-state index >= 15 is 0 Å². The van der Waals surface area contributed by atoms with Crippen LogP contribution < -0.4 is 49.2 Å². The summed E-state index contributed by atoms with van der Waals surface area (Å²) in [4.78, 5) is 0. The predicted octanol–water partition coefficient (Wildman–Crippen LogP) is 3.06. The third kappa shape index (κ3) is 3.64. The minimum Gasteiger partial charge on any atom is -0.457 e. The van der Waals surface area contributed by atoms with E-state index in [9.17, 15) is 0 Å². The second-order valence-electron chi connectivity index (χ2n) is 13.6. The molecule has 2 aliphatic rings. The van der Waals surface area contributed by atoms with Gasteiger partial charge in [-0.3, -0.25) is 0 Å². The van der Waals surface area contributed by atoms with E-state index in [0.717, 1.165) is 11.2 Å². The SMILES string of the molecule is CC(C)(C)c1ccc(B2c3cccc4c3B(c3ccccc3B4c3ccccc3)c3ccc4c(oc5ccccc54)c32)cc1. The molecule has 44 heavy (non-hydrogen) atoms. The maximum atomic E-state index is 6.82. The summed E-state index contributed by atoms with van der Waals surface area (Å²) < 4.78 is 6.82. The lowest BCUT2D eigenvalue weighted by Gasteiger charge is -2.39. The van der Waals surface area contributed by atoms with Gasteiger partial charge in [0.15, 0.2) is 0 Å². The summed E-state index contributed by atoms with van der Waals surface area (Å²) in [6.45, 7) is 7.27. The molecule has 1 nitrogen and oxygen atoms in total. The van der Waals surface area contributed by atoms with E-state index in [0.29, 0.717) is 0 Å². The lowest BCUT2D eigenvalue weighted by atomic mass is 9.14. The van der Waals surface area contributed by atoms with Crippen molar-refractivity contribution in [1.29, 1.82) is 0 Å². The fourth-order valence-corrected chi connectivity index (χ4v) is 8.18. The first-order valence-electron chi connectivity index (χ1n) is 15.8. The van der Waals surface area contributed by atoms with Gasteiger partial charge in [0.2, 0.25) is 20.1 Å². The fraction of sp³-hybridized carbons (Fsp3) is 0.100. The van der Waals surface area contributed by atoms with Gasteiger partial charge in [-0.15, -0.1) is 0 Å². The molecule has 0 saturated carbocycles. The lowest BCUT2D eigenvalue weighted by Crippen LogP contribution is -2.84. The van der Waals surface area contributed by atoms with Crippen LogP contribution in [0, 0.1) is 0 Å². The molecule has 0 bridgehead atoms. The molecule has 2 aliphatic heterocycles. The van der Waals surface area contributed by atoms with Crippen molar-refractivity contribution < 1.29 is 4.42 Å². The van der Waals surface area contributed by atoms with Crippen molar-refractivity contribution in [3.63, 3.8) is 0 Å². The molecule has 3 heterocycles. The van der Waals surface area contributed by atoms with Crippen LogP contribution in [-0.4, -0.2) is 20.1 Å². The summed E-state index contributed by atoms with van der Waals surface area (Å²) in [5.41, 5.74) is 15.8. The molecule has 0 saturated heterocycles. The summed E-state index contributed by atoms with van der Waals surface area (Å²) in [6, 6.07) is 49.8. The van der Waals surface area contributed by atoms with E-state index in [1.54, 1.807) is 0 Å². The van der Waals surface area contributed by atoms with Gasteiger partial charge in [-0.1, -0.05) is 192 Å². The van der Waals surface area contributed by atoms with Crippen LogP contribution in [0.25, 0.3) is 21.9 Å². The minimum absolute atomic E-state index is 0.0659. The number of rotatable bonds is 2. The van der Waals surface area contributed by atoms with Crippen molar-refractivity contribution in [2.45, 2.75) is 26.2 Å². The van der Waals surface area contributed by atoms with E-state index in [1.165, 1.54) is 65.5 Å². The topological polar surface area (TPSA) is 13.1 Å². The Kier molecular flexibility index (Phi) is 5.51. The Morgan fingerprint density at radius 2 is 1.02 bits per heavy atom. The molecule has 0 amide bonds. The van der Waals surface area contributed by atoms with Crippen LogP contribution in [0.2, 0.25) is 0 Å². The average Bonchev–Trinajstić information content (AvgIpc) is 3.44. The van der Waals surface area contributed by atoms with Crippen molar-refractivity contribution in [3.8, 4) is 0 Å². The first kappa shape index (κ1) is 25.8. The van der Waals surface area contributed by atoms with Crippen molar-refractivity contribution in [2.24, 2.45) is 0 Å². The molecule has 0 spiro atoms. The molecule has 0 unspecified atom stereocenters. The van der Waals surface area contributed by atoms with Gasteiger partial charge >= 0.3 is 0 Å². The molecular weight excluding hydrogens is 529 g/mol. The zero-order chi connectivity index (χ0) is 29.6. The molecule has 1 aromatic heterocycles. The Hall–Kier alpha value is -4.69. The highest BCUT2D eigenvalue weighted by Gasteiger charge is 2.47. The van der Waals surface area contributed by atoms with Gasteiger partial charge in [0, 0.05) is 10.8 Å². The maximum absolute atomic E-state index is 6.82. The van der Waals surface area contributed by atoms with Crippen LogP contribution in [0.3, 0.4) is 0 Å². The summed E-state index contributed by atoms with van der Waals surface area (Å²) in [6.07, 6.45) is 0. The number of benzene rings is 6. The monoisotopic (exact) mass is 560 g/mol. The molecule has 0 aliphatic carbocycles. The molecular formula is C40H31B3O. The average molecular weight is 560 g/mol. The third-order valence-electron chi connectivity index (χ3n) is 10.2. The van der Waals surface area contributed by atoms with Gasteiger partial charge < -0.3 is 4.42 Å². The van der Waals surface area contributed by atoms with Crippen molar-refractivity contribution in [1.82, 2.24) is 0 Å². The van der Waals surface area contributed by atoms with Gasteiger partial charge in [0.25, 0.3) is 0 Å². The fourth-order valence-electron chi connectivity index (χ4n) is 8.18. The van der Waals surface area contributed by atoms with Crippen LogP contribution in [0.1, 0.15) is 26.3 Å².